The van der Waals surface area contributed by atoms with E-state index < -0.39 is 26.5 Å². The number of thioether (sulfide) groups is 1. The molecule has 29 heavy (non-hydrogen) atoms. The van der Waals surface area contributed by atoms with Crippen molar-refractivity contribution in [2.75, 3.05) is 17.6 Å². The van der Waals surface area contributed by atoms with E-state index in [4.69, 9.17) is 0 Å². The number of hydrogen-bond acceptors (Lipinski definition) is 6. The number of hydrogen-bond donors (Lipinski definition) is 3. The van der Waals surface area contributed by atoms with E-state index in [9.17, 15) is 18.0 Å². The van der Waals surface area contributed by atoms with Crippen LogP contribution >= 0.6 is 11.8 Å². The number of amides is 2. The topological polar surface area (TPSA) is 104 Å². The van der Waals surface area contributed by atoms with Gasteiger partial charge in [-0.25, -0.2) is 8.42 Å². The van der Waals surface area contributed by atoms with Crippen molar-refractivity contribution in [3.63, 3.8) is 0 Å². The molecule has 2 aromatic carbocycles. The lowest BCUT2D eigenvalue weighted by atomic mass is 10.1. The quantitative estimate of drug-likeness (QED) is 0.642. The molecule has 0 bridgehead atoms. The van der Waals surface area contributed by atoms with Gasteiger partial charge in [-0.2, -0.15) is 0 Å². The van der Waals surface area contributed by atoms with Crippen LogP contribution in [0.3, 0.4) is 0 Å². The van der Waals surface area contributed by atoms with Gasteiger partial charge < -0.3 is 10.6 Å². The van der Waals surface area contributed by atoms with Gasteiger partial charge in [0.25, 0.3) is 0 Å². The lowest BCUT2D eigenvalue weighted by Gasteiger charge is -2.29. The van der Waals surface area contributed by atoms with Gasteiger partial charge in [0.1, 0.15) is 5.50 Å². The molecule has 0 spiro atoms. The highest BCUT2D eigenvalue weighted by Gasteiger charge is 2.38. The molecule has 3 N–H and O–H groups in total. The average Bonchev–Trinajstić information content (AvgIpc) is 2.70. The summed E-state index contributed by atoms with van der Waals surface area (Å²) in [6.07, 6.45) is 0. The first kappa shape index (κ1) is 21.4. The van der Waals surface area contributed by atoms with E-state index >= 15 is 0 Å². The van der Waals surface area contributed by atoms with Crippen LogP contribution in [0.4, 0.5) is 5.69 Å². The van der Waals surface area contributed by atoms with Gasteiger partial charge in [-0.1, -0.05) is 24.3 Å². The minimum Gasteiger partial charge on any atom is -0.331 e. The third-order valence-corrected chi connectivity index (χ3v) is 7.78. The van der Waals surface area contributed by atoms with Crippen molar-refractivity contribution in [3.8, 4) is 0 Å². The van der Waals surface area contributed by atoms with Crippen LogP contribution < -0.4 is 16.0 Å². The van der Waals surface area contributed by atoms with E-state index in [-0.39, 0.29) is 23.1 Å². The molecule has 9 heteroatoms. The molecule has 1 fully saturated rings. The molecule has 0 aromatic heterocycles. The number of rotatable bonds is 6. The van der Waals surface area contributed by atoms with Crippen molar-refractivity contribution in [1.29, 1.82) is 0 Å². The second kappa shape index (κ2) is 8.98. The molecular formula is C20H23N3O4S2. The van der Waals surface area contributed by atoms with Crippen molar-refractivity contribution in [1.82, 2.24) is 10.6 Å². The zero-order valence-corrected chi connectivity index (χ0v) is 17.8. The predicted octanol–water partition coefficient (Wildman–Crippen LogP) is 1.82. The first-order chi connectivity index (χ1) is 13.8. The first-order valence-electron chi connectivity index (χ1n) is 9.09. The highest BCUT2D eigenvalue weighted by atomic mass is 32.2. The summed E-state index contributed by atoms with van der Waals surface area (Å²) in [5, 5.41) is 7.23. The van der Waals surface area contributed by atoms with Gasteiger partial charge >= 0.3 is 0 Å². The van der Waals surface area contributed by atoms with Crippen molar-refractivity contribution < 1.29 is 18.0 Å². The van der Waals surface area contributed by atoms with Crippen LogP contribution in [0.15, 0.2) is 53.4 Å². The lowest BCUT2D eigenvalue weighted by Crippen LogP contribution is -2.59. The Morgan fingerprint density at radius 2 is 1.86 bits per heavy atom. The molecule has 3 rings (SSSR count). The molecule has 1 aliphatic rings. The average molecular weight is 434 g/mol. The molecule has 2 aromatic rings. The van der Waals surface area contributed by atoms with Gasteiger partial charge in [-0.05, 0) is 49.2 Å². The second-order valence-corrected chi connectivity index (χ2v) is 10.0. The second-order valence-electron chi connectivity index (χ2n) is 6.80. The Balaban J connectivity index is 1.53. The van der Waals surface area contributed by atoms with Gasteiger partial charge in [-0.15, -0.1) is 11.8 Å². The predicted molar refractivity (Wildman–Crippen MR) is 114 cm³/mol. The maximum absolute atomic E-state index is 12.7. The number of nitrogens with one attached hydrogen (secondary N) is 3. The number of sulfone groups is 1. The molecule has 154 valence electrons. The smallest absolute Gasteiger partial charge is 0.241 e. The SMILES string of the molecule is Cc1ccc(NC(=O)CSC2NCC(S(=O)(=O)c3ccccc3)C(=O)N2)cc1C. The molecule has 1 saturated heterocycles. The van der Waals surface area contributed by atoms with Crippen LogP contribution in [0.2, 0.25) is 0 Å². The van der Waals surface area contributed by atoms with E-state index in [1.807, 2.05) is 32.0 Å². The summed E-state index contributed by atoms with van der Waals surface area (Å²) in [6, 6.07) is 13.6. The Labute approximate surface area is 174 Å². The molecule has 7 nitrogen and oxygen atoms in total. The zero-order chi connectivity index (χ0) is 21.0. The monoisotopic (exact) mass is 433 g/mol. The van der Waals surface area contributed by atoms with Gasteiger partial charge in [0.15, 0.2) is 15.1 Å². The summed E-state index contributed by atoms with van der Waals surface area (Å²) < 4.78 is 25.3. The largest absolute Gasteiger partial charge is 0.331 e. The van der Waals surface area contributed by atoms with E-state index in [0.717, 1.165) is 11.1 Å². The summed E-state index contributed by atoms with van der Waals surface area (Å²) in [7, 11) is -3.78. The third kappa shape index (κ3) is 5.17. The fraction of sp³-hybridized carbons (Fsp3) is 0.300. The van der Waals surface area contributed by atoms with Gasteiger partial charge in [0.05, 0.1) is 10.6 Å². The van der Waals surface area contributed by atoms with Crippen LogP contribution in [0.25, 0.3) is 0 Å². The van der Waals surface area contributed by atoms with Crippen molar-refractivity contribution in [2.24, 2.45) is 0 Å². The van der Waals surface area contributed by atoms with Crippen molar-refractivity contribution in [3.05, 3.63) is 59.7 Å². The van der Waals surface area contributed by atoms with Crippen molar-refractivity contribution in [2.45, 2.75) is 29.5 Å². The Morgan fingerprint density at radius 3 is 2.52 bits per heavy atom. The maximum Gasteiger partial charge on any atom is 0.241 e. The van der Waals surface area contributed by atoms with Crippen LogP contribution in [0.1, 0.15) is 11.1 Å². The van der Waals surface area contributed by atoms with E-state index in [2.05, 4.69) is 16.0 Å². The summed E-state index contributed by atoms with van der Waals surface area (Å²) in [4.78, 5) is 24.7. The lowest BCUT2D eigenvalue weighted by molar-refractivity contribution is -0.122. The number of carbonyl (C=O) groups excluding carboxylic acids is 2. The third-order valence-electron chi connectivity index (χ3n) is 4.67. The van der Waals surface area contributed by atoms with Crippen molar-refractivity contribution >= 4 is 39.1 Å². The maximum atomic E-state index is 12.7. The highest BCUT2D eigenvalue weighted by molar-refractivity contribution is 8.00. The van der Waals surface area contributed by atoms with Crippen LogP contribution in [0, 0.1) is 13.8 Å². The van der Waals surface area contributed by atoms with Gasteiger partial charge in [0.2, 0.25) is 11.8 Å². The molecule has 0 radical (unpaired) electrons. The molecule has 1 heterocycles. The number of anilines is 1. The molecule has 1 aliphatic heterocycles. The standard InChI is InChI=1S/C20H23N3O4S2/c1-13-8-9-15(10-14(13)2)22-18(24)12-28-20-21-11-17(19(25)23-20)29(26,27)16-6-4-3-5-7-16/h3-10,17,20-21H,11-12H2,1-2H3,(H,22,24)(H,23,25). The summed E-state index contributed by atoms with van der Waals surface area (Å²) in [5.41, 5.74) is 2.41. The Hall–Kier alpha value is -2.36. The van der Waals surface area contributed by atoms with Gasteiger partial charge in [-0.3, -0.25) is 14.9 Å². The zero-order valence-electron chi connectivity index (χ0n) is 16.1. The molecule has 2 atom stereocenters. The molecule has 0 aliphatic carbocycles. The van der Waals surface area contributed by atoms with Crippen LogP contribution in [0.5, 0.6) is 0 Å². The minimum absolute atomic E-state index is 0.0144. The van der Waals surface area contributed by atoms with E-state index in [0.29, 0.717) is 5.69 Å². The fourth-order valence-electron chi connectivity index (χ4n) is 2.88. The Kier molecular flexibility index (Phi) is 6.61. The highest BCUT2D eigenvalue weighted by Crippen LogP contribution is 2.20. The Morgan fingerprint density at radius 1 is 1.14 bits per heavy atom. The summed E-state index contributed by atoms with van der Waals surface area (Å²) >= 11 is 1.19. The number of benzene rings is 2. The van der Waals surface area contributed by atoms with E-state index in [1.54, 1.807) is 18.2 Å². The minimum atomic E-state index is -3.78. The van der Waals surface area contributed by atoms with Gasteiger partial charge in [0, 0.05) is 12.2 Å². The summed E-state index contributed by atoms with van der Waals surface area (Å²) in [6.45, 7) is 3.96. The normalized spacial score (nSPS) is 19.4. The molecule has 2 unspecified atom stereocenters. The van der Waals surface area contributed by atoms with Crippen LogP contribution in [-0.4, -0.2) is 43.3 Å². The molecule has 2 amide bonds. The fourth-order valence-corrected chi connectivity index (χ4v) is 5.22. The molecule has 0 saturated carbocycles. The summed E-state index contributed by atoms with van der Waals surface area (Å²) in [5.74, 6) is -0.658. The molecular weight excluding hydrogens is 410 g/mol. The van der Waals surface area contributed by atoms with Crippen LogP contribution in [-0.2, 0) is 19.4 Å². The number of aryl methyl sites for hydroxylation is 2. The first-order valence-corrected chi connectivity index (χ1v) is 11.7. The number of carbonyl (C=O) groups is 2. The van der Waals surface area contributed by atoms with E-state index in [1.165, 1.54) is 23.9 Å². The Bertz CT molecular complexity index is 1010.